The van der Waals surface area contributed by atoms with Crippen LogP contribution in [0.15, 0.2) is 18.2 Å². The molecule has 0 saturated heterocycles. The number of hydrogen-bond acceptors (Lipinski definition) is 5. The van der Waals surface area contributed by atoms with Crippen LogP contribution in [0.25, 0.3) is 10.2 Å². The molecule has 1 heterocycles. The first-order valence-electron chi connectivity index (χ1n) is 4.91. The molecule has 0 atom stereocenters. The maximum absolute atomic E-state index is 10.9. The van der Waals surface area contributed by atoms with Gasteiger partial charge in [-0.05, 0) is 18.2 Å². The predicted molar refractivity (Wildman–Crippen MR) is 67.5 cm³/mol. The molecule has 2 rings (SSSR count). The van der Waals surface area contributed by atoms with E-state index < -0.39 is 0 Å². The second-order valence-electron chi connectivity index (χ2n) is 3.29. The van der Waals surface area contributed by atoms with Crippen molar-refractivity contribution in [1.29, 1.82) is 0 Å². The topological polar surface area (TPSA) is 65.2 Å². The number of anilines is 1. The average Bonchev–Trinajstić information content (AvgIpc) is 2.68. The van der Waals surface area contributed by atoms with E-state index in [1.807, 2.05) is 18.2 Å². The van der Waals surface area contributed by atoms with Crippen molar-refractivity contribution in [2.75, 3.05) is 12.8 Å². The van der Waals surface area contributed by atoms with Crippen LogP contribution in [0.2, 0.25) is 0 Å². The summed E-state index contributed by atoms with van der Waals surface area (Å²) < 4.78 is 5.49. The zero-order chi connectivity index (χ0) is 12.3. The molecule has 4 nitrogen and oxygen atoms in total. The molecule has 0 aliphatic heterocycles. The van der Waals surface area contributed by atoms with Gasteiger partial charge in [0.25, 0.3) is 0 Å². The molecule has 2 aromatic rings. The van der Waals surface area contributed by atoms with E-state index in [-0.39, 0.29) is 12.4 Å². The number of ether oxygens (including phenoxy) is 1. The third-order valence-electron chi connectivity index (χ3n) is 2.10. The third kappa shape index (κ3) is 2.74. The Labute approximate surface area is 102 Å². The Balaban J connectivity index is 2.21. The standard InChI is InChI=1S/C12H10N2O2S/c1-16-11(15)4-2-3-8-5-6-9-10(7-8)17-12(13)14-9/h5-7H,4H2,1H3,(H2,13,14). The largest absolute Gasteiger partial charge is 0.468 e. The van der Waals surface area contributed by atoms with Crippen LogP contribution in [0.4, 0.5) is 5.13 Å². The lowest BCUT2D eigenvalue weighted by molar-refractivity contribution is -0.139. The maximum atomic E-state index is 10.9. The highest BCUT2D eigenvalue weighted by atomic mass is 32.1. The van der Waals surface area contributed by atoms with Crippen LogP contribution in [0.3, 0.4) is 0 Å². The summed E-state index contributed by atoms with van der Waals surface area (Å²) in [6.45, 7) is 0. The van der Waals surface area contributed by atoms with Gasteiger partial charge in [-0.2, -0.15) is 0 Å². The average molecular weight is 246 g/mol. The first kappa shape index (κ1) is 11.4. The lowest BCUT2D eigenvalue weighted by Crippen LogP contribution is -1.96. The molecule has 0 fully saturated rings. The number of nitrogen functional groups attached to an aromatic ring is 1. The summed E-state index contributed by atoms with van der Waals surface area (Å²) >= 11 is 1.42. The molecule has 1 aromatic heterocycles. The number of aromatic nitrogens is 1. The molecule has 86 valence electrons. The Morgan fingerprint density at radius 3 is 3.18 bits per heavy atom. The minimum Gasteiger partial charge on any atom is -0.468 e. The van der Waals surface area contributed by atoms with Gasteiger partial charge in [0.1, 0.15) is 6.42 Å². The molecule has 2 N–H and O–H groups in total. The number of rotatable bonds is 1. The minimum absolute atomic E-state index is 0.0966. The van der Waals surface area contributed by atoms with Gasteiger partial charge in [-0.15, -0.1) is 0 Å². The summed E-state index contributed by atoms with van der Waals surface area (Å²) in [4.78, 5) is 15.0. The second kappa shape index (κ2) is 4.85. The monoisotopic (exact) mass is 246 g/mol. The van der Waals surface area contributed by atoms with Crippen LogP contribution in [-0.4, -0.2) is 18.1 Å². The Morgan fingerprint density at radius 1 is 1.59 bits per heavy atom. The zero-order valence-electron chi connectivity index (χ0n) is 9.19. The van der Waals surface area contributed by atoms with Crippen molar-refractivity contribution in [3.8, 4) is 11.8 Å². The molecule has 0 aliphatic rings. The number of thiazole rings is 1. The molecule has 5 heteroatoms. The number of benzene rings is 1. The van der Waals surface area contributed by atoms with Gasteiger partial charge in [0.15, 0.2) is 5.13 Å². The van der Waals surface area contributed by atoms with Gasteiger partial charge >= 0.3 is 5.97 Å². The fourth-order valence-corrected chi connectivity index (χ4v) is 2.08. The van der Waals surface area contributed by atoms with Gasteiger partial charge in [0, 0.05) is 5.56 Å². The molecule has 1 aromatic carbocycles. The number of hydrogen-bond donors (Lipinski definition) is 1. The molecule has 17 heavy (non-hydrogen) atoms. The summed E-state index contributed by atoms with van der Waals surface area (Å²) in [6, 6.07) is 5.63. The van der Waals surface area contributed by atoms with Gasteiger partial charge in [-0.1, -0.05) is 23.2 Å². The van der Waals surface area contributed by atoms with E-state index >= 15 is 0 Å². The van der Waals surface area contributed by atoms with Crippen LogP contribution >= 0.6 is 11.3 Å². The number of carbonyl (C=O) groups excluding carboxylic acids is 1. The molecule has 0 saturated carbocycles. The Bertz CT molecular complexity index is 622. The first-order chi connectivity index (χ1) is 8.19. The van der Waals surface area contributed by atoms with Crippen molar-refractivity contribution >= 4 is 32.7 Å². The molecule has 0 spiro atoms. The highest BCUT2D eigenvalue weighted by Gasteiger charge is 2.00. The van der Waals surface area contributed by atoms with Crippen LogP contribution in [0.1, 0.15) is 12.0 Å². The Hall–Kier alpha value is -2.06. The molecule has 0 unspecified atom stereocenters. The van der Waals surface area contributed by atoms with Crippen molar-refractivity contribution in [2.24, 2.45) is 0 Å². The number of carbonyl (C=O) groups is 1. The van der Waals surface area contributed by atoms with E-state index in [0.29, 0.717) is 5.13 Å². The Morgan fingerprint density at radius 2 is 2.41 bits per heavy atom. The fraction of sp³-hybridized carbons (Fsp3) is 0.167. The number of methoxy groups -OCH3 is 1. The summed E-state index contributed by atoms with van der Waals surface area (Å²) in [5.41, 5.74) is 7.31. The van der Waals surface area contributed by atoms with Crippen LogP contribution in [0, 0.1) is 11.8 Å². The van der Waals surface area contributed by atoms with E-state index in [0.717, 1.165) is 15.8 Å². The van der Waals surface area contributed by atoms with Crippen molar-refractivity contribution in [1.82, 2.24) is 4.98 Å². The van der Waals surface area contributed by atoms with Crippen LogP contribution in [0.5, 0.6) is 0 Å². The second-order valence-corrected chi connectivity index (χ2v) is 4.35. The third-order valence-corrected chi connectivity index (χ3v) is 2.95. The van der Waals surface area contributed by atoms with Gasteiger partial charge in [0.05, 0.1) is 17.3 Å². The van der Waals surface area contributed by atoms with E-state index in [9.17, 15) is 4.79 Å². The van der Waals surface area contributed by atoms with E-state index in [2.05, 4.69) is 21.6 Å². The fourth-order valence-electron chi connectivity index (χ4n) is 1.31. The highest BCUT2D eigenvalue weighted by molar-refractivity contribution is 7.22. The van der Waals surface area contributed by atoms with Crippen LogP contribution in [-0.2, 0) is 9.53 Å². The lowest BCUT2D eigenvalue weighted by atomic mass is 10.2. The number of nitrogens with zero attached hydrogens (tertiary/aromatic N) is 1. The molecular weight excluding hydrogens is 236 g/mol. The summed E-state index contributed by atoms with van der Waals surface area (Å²) in [7, 11) is 1.34. The quantitative estimate of drug-likeness (QED) is 0.615. The van der Waals surface area contributed by atoms with E-state index in [1.165, 1.54) is 18.4 Å². The van der Waals surface area contributed by atoms with Gasteiger partial charge in [-0.25, -0.2) is 4.98 Å². The predicted octanol–water partition coefficient (Wildman–Crippen LogP) is 1.79. The molecule has 0 radical (unpaired) electrons. The van der Waals surface area contributed by atoms with Crippen LogP contribution < -0.4 is 5.73 Å². The van der Waals surface area contributed by atoms with E-state index in [1.54, 1.807) is 0 Å². The van der Waals surface area contributed by atoms with Crippen molar-refractivity contribution in [3.63, 3.8) is 0 Å². The van der Waals surface area contributed by atoms with Gasteiger partial charge < -0.3 is 10.5 Å². The minimum atomic E-state index is -0.333. The zero-order valence-corrected chi connectivity index (χ0v) is 10.0. The number of esters is 1. The van der Waals surface area contributed by atoms with Crippen molar-refractivity contribution < 1.29 is 9.53 Å². The normalized spacial score (nSPS) is 9.71. The maximum Gasteiger partial charge on any atom is 0.317 e. The lowest BCUT2D eigenvalue weighted by Gasteiger charge is -1.91. The van der Waals surface area contributed by atoms with Gasteiger partial charge in [-0.3, -0.25) is 4.79 Å². The smallest absolute Gasteiger partial charge is 0.317 e. The van der Waals surface area contributed by atoms with Crippen molar-refractivity contribution in [3.05, 3.63) is 23.8 Å². The number of fused-ring (bicyclic) bond motifs is 1. The Kier molecular flexibility index (Phi) is 3.26. The van der Waals surface area contributed by atoms with Gasteiger partial charge in [0.2, 0.25) is 0 Å². The molecule has 0 aliphatic carbocycles. The van der Waals surface area contributed by atoms with E-state index in [4.69, 9.17) is 5.73 Å². The molecular formula is C12H10N2O2S. The highest BCUT2D eigenvalue weighted by Crippen LogP contribution is 2.24. The summed E-state index contributed by atoms with van der Waals surface area (Å²) in [5.74, 6) is 5.32. The number of nitrogens with two attached hydrogens (primary N) is 1. The van der Waals surface area contributed by atoms with Crippen molar-refractivity contribution in [2.45, 2.75) is 6.42 Å². The summed E-state index contributed by atoms with van der Waals surface area (Å²) in [5, 5.41) is 0.541. The molecule has 0 bridgehead atoms. The summed E-state index contributed by atoms with van der Waals surface area (Å²) in [6.07, 6.45) is 0.0966. The first-order valence-corrected chi connectivity index (χ1v) is 5.72. The molecule has 0 amide bonds. The SMILES string of the molecule is COC(=O)CC#Cc1ccc2nc(N)sc2c1.